The van der Waals surface area contributed by atoms with Gasteiger partial charge in [-0.05, 0) is 61.6 Å². The number of aromatic nitrogens is 2. The van der Waals surface area contributed by atoms with E-state index in [1.165, 1.54) is 32.8 Å². The number of nitrogens with zero attached hydrogens (tertiary/aromatic N) is 1. The molecule has 2 aliphatic carbocycles. The van der Waals surface area contributed by atoms with E-state index in [1.807, 2.05) is 12.1 Å². The van der Waals surface area contributed by atoms with Gasteiger partial charge in [-0.1, -0.05) is 0 Å². The van der Waals surface area contributed by atoms with Crippen LogP contribution in [-0.2, 0) is 9.53 Å². The first-order valence-corrected chi connectivity index (χ1v) is 8.52. The molecule has 1 aromatic heterocycles. The summed E-state index contributed by atoms with van der Waals surface area (Å²) in [5, 5.41) is 10.4. The van der Waals surface area contributed by atoms with Gasteiger partial charge in [0.25, 0.3) is 0 Å². The predicted octanol–water partition coefficient (Wildman–Crippen LogP) is 3.11. The largest absolute Gasteiger partial charge is 0.464 e. The highest BCUT2D eigenvalue weighted by molar-refractivity contribution is 6.03. The Hall–Kier alpha value is -2.37. The van der Waals surface area contributed by atoms with Crippen molar-refractivity contribution in [1.82, 2.24) is 10.2 Å². The van der Waals surface area contributed by atoms with E-state index in [9.17, 15) is 9.59 Å². The van der Waals surface area contributed by atoms with E-state index < -0.39 is 5.97 Å². The first-order chi connectivity index (χ1) is 11.7. The van der Waals surface area contributed by atoms with Crippen molar-refractivity contribution in [2.75, 3.05) is 12.4 Å². The topological polar surface area (TPSA) is 84.1 Å². The van der Waals surface area contributed by atoms with Crippen molar-refractivity contribution in [2.24, 2.45) is 17.8 Å². The van der Waals surface area contributed by atoms with Gasteiger partial charge >= 0.3 is 5.97 Å². The van der Waals surface area contributed by atoms with Crippen molar-refractivity contribution >= 4 is 28.5 Å². The van der Waals surface area contributed by atoms with E-state index in [0.29, 0.717) is 23.4 Å². The summed E-state index contributed by atoms with van der Waals surface area (Å²) in [5.74, 6) is 1.62. The zero-order valence-corrected chi connectivity index (χ0v) is 13.7. The number of methoxy groups -OCH3 is 1. The summed E-state index contributed by atoms with van der Waals surface area (Å²) >= 11 is 0. The van der Waals surface area contributed by atoms with Gasteiger partial charge in [-0.3, -0.25) is 9.89 Å². The maximum atomic E-state index is 12.4. The predicted molar refractivity (Wildman–Crippen MR) is 89.6 cm³/mol. The van der Waals surface area contributed by atoms with E-state index in [2.05, 4.69) is 15.5 Å². The lowest BCUT2D eigenvalue weighted by Crippen LogP contribution is -2.19. The molecule has 6 nitrogen and oxygen atoms in total. The van der Waals surface area contributed by atoms with E-state index in [4.69, 9.17) is 4.74 Å². The fraction of sp³-hybridized carbons (Fsp3) is 0.500. The molecule has 126 valence electrons. The average Bonchev–Trinajstić information content (AvgIpc) is 3.49. The minimum atomic E-state index is -0.493. The lowest BCUT2D eigenvalue weighted by atomic mass is 9.94. The number of carbonyl (C=O) groups is 2. The molecule has 0 atom stereocenters. The van der Waals surface area contributed by atoms with Crippen LogP contribution in [0, 0.1) is 17.8 Å². The van der Waals surface area contributed by atoms with Crippen molar-refractivity contribution < 1.29 is 14.3 Å². The van der Waals surface area contributed by atoms with Gasteiger partial charge in [0, 0.05) is 17.5 Å². The Bertz CT molecular complexity index is 778. The summed E-state index contributed by atoms with van der Waals surface area (Å²) in [6.07, 6.45) is 5.70. The minimum absolute atomic E-state index is 0.0567. The van der Waals surface area contributed by atoms with Crippen LogP contribution < -0.4 is 5.32 Å². The van der Waals surface area contributed by atoms with Gasteiger partial charge < -0.3 is 10.1 Å². The number of aromatic amines is 1. The fourth-order valence-electron chi connectivity index (χ4n) is 3.54. The highest BCUT2D eigenvalue weighted by Crippen LogP contribution is 2.50. The molecule has 2 fully saturated rings. The van der Waals surface area contributed by atoms with Crippen molar-refractivity contribution in [1.29, 1.82) is 0 Å². The third-order valence-electron chi connectivity index (χ3n) is 5.10. The number of hydrogen-bond acceptors (Lipinski definition) is 4. The van der Waals surface area contributed by atoms with Crippen LogP contribution in [0.1, 0.15) is 42.6 Å². The van der Waals surface area contributed by atoms with E-state index in [1.54, 1.807) is 6.07 Å². The summed E-state index contributed by atoms with van der Waals surface area (Å²) in [4.78, 5) is 24.1. The van der Waals surface area contributed by atoms with Gasteiger partial charge in [-0.15, -0.1) is 0 Å². The molecule has 2 N–H and O–H groups in total. The Morgan fingerprint density at radius 3 is 2.62 bits per heavy atom. The van der Waals surface area contributed by atoms with Crippen molar-refractivity contribution in [3.05, 3.63) is 23.9 Å². The summed E-state index contributed by atoms with van der Waals surface area (Å²) in [7, 11) is 1.32. The molecule has 0 bridgehead atoms. The Morgan fingerprint density at radius 1 is 1.29 bits per heavy atom. The maximum Gasteiger partial charge on any atom is 0.359 e. The van der Waals surface area contributed by atoms with Crippen LogP contribution in [0.4, 0.5) is 5.69 Å². The van der Waals surface area contributed by atoms with E-state index in [0.717, 1.165) is 17.4 Å². The van der Waals surface area contributed by atoms with Crippen molar-refractivity contribution in [3.63, 3.8) is 0 Å². The highest BCUT2D eigenvalue weighted by Gasteiger charge is 2.42. The van der Waals surface area contributed by atoms with Crippen LogP contribution in [0.25, 0.3) is 10.9 Å². The zero-order valence-electron chi connectivity index (χ0n) is 13.7. The minimum Gasteiger partial charge on any atom is -0.464 e. The highest BCUT2D eigenvalue weighted by atomic mass is 16.5. The Labute approximate surface area is 139 Å². The molecule has 4 rings (SSSR count). The molecular formula is C18H21N3O3. The number of hydrogen-bond donors (Lipinski definition) is 2. The Morgan fingerprint density at radius 2 is 2.00 bits per heavy atom. The van der Waals surface area contributed by atoms with Crippen molar-refractivity contribution in [3.8, 4) is 0 Å². The smallest absolute Gasteiger partial charge is 0.359 e. The van der Waals surface area contributed by atoms with Crippen LogP contribution in [-0.4, -0.2) is 29.2 Å². The van der Waals surface area contributed by atoms with Crippen LogP contribution in [0.3, 0.4) is 0 Å². The number of fused-ring (bicyclic) bond motifs is 1. The molecule has 2 aliphatic rings. The molecule has 2 saturated carbocycles. The number of ether oxygens (including phenoxy) is 1. The SMILES string of the molecule is COC(=O)c1n[nH]c2ccc(NC(=O)CC(C3CC3)C3CC3)cc12. The molecule has 0 aliphatic heterocycles. The van der Waals surface area contributed by atoms with Gasteiger partial charge in [0.1, 0.15) is 0 Å². The molecule has 2 aromatic rings. The van der Waals surface area contributed by atoms with Gasteiger partial charge in [0.2, 0.25) is 5.91 Å². The van der Waals surface area contributed by atoms with E-state index >= 15 is 0 Å². The third-order valence-corrected chi connectivity index (χ3v) is 5.10. The molecule has 6 heteroatoms. The van der Waals surface area contributed by atoms with Gasteiger partial charge in [0.15, 0.2) is 5.69 Å². The second-order valence-corrected chi connectivity index (χ2v) is 6.92. The maximum absolute atomic E-state index is 12.4. The lowest BCUT2D eigenvalue weighted by molar-refractivity contribution is -0.117. The number of carbonyl (C=O) groups excluding carboxylic acids is 2. The first kappa shape index (κ1) is 15.2. The molecule has 0 unspecified atom stereocenters. The van der Waals surface area contributed by atoms with Crippen LogP contribution in [0.2, 0.25) is 0 Å². The second kappa shape index (κ2) is 5.92. The summed E-state index contributed by atoms with van der Waals surface area (Å²) in [6.45, 7) is 0. The number of anilines is 1. The van der Waals surface area contributed by atoms with Gasteiger partial charge in [-0.25, -0.2) is 4.79 Å². The molecule has 1 aromatic carbocycles. The number of benzene rings is 1. The zero-order chi connectivity index (χ0) is 16.7. The summed E-state index contributed by atoms with van der Waals surface area (Å²) < 4.78 is 4.73. The van der Waals surface area contributed by atoms with Crippen LogP contribution >= 0.6 is 0 Å². The molecule has 24 heavy (non-hydrogen) atoms. The molecule has 1 amide bonds. The fourth-order valence-corrected chi connectivity index (χ4v) is 3.54. The number of rotatable bonds is 6. The van der Waals surface area contributed by atoms with Gasteiger partial charge in [-0.2, -0.15) is 5.10 Å². The molecule has 0 spiro atoms. The molecular weight excluding hydrogens is 306 g/mol. The number of H-pyrrole nitrogens is 1. The average molecular weight is 327 g/mol. The second-order valence-electron chi connectivity index (χ2n) is 6.92. The lowest BCUT2D eigenvalue weighted by Gasteiger charge is -2.15. The van der Waals surface area contributed by atoms with Gasteiger partial charge in [0.05, 0.1) is 12.6 Å². The van der Waals surface area contributed by atoms with Crippen LogP contribution in [0.15, 0.2) is 18.2 Å². The monoisotopic (exact) mass is 327 g/mol. The summed E-state index contributed by atoms with van der Waals surface area (Å²) in [5.41, 5.74) is 1.66. The third kappa shape index (κ3) is 3.00. The van der Waals surface area contributed by atoms with Crippen LogP contribution in [0.5, 0.6) is 0 Å². The summed E-state index contributed by atoms with van der Waals surface area (Å²) in [6, 6.07) is 5.40. The Balaban J connectivity index is 1.49. The molecule has 0 saturated heterocycles. The van der Waals surface area contributed by atoms with Crippen molar-refractivity contribution in [2.45, 2.75) is 32.1 Å². The first-order valence-electron chi connectivity index (χ1n) is 8.52. The number of esters is 1. The number of nitrogens with one attached hydrogen (secondary N) is 2. The molecule has 1 heterocycles. The quantitative estimate of drug-likeness (QED) is 0.798. The molecule has 0 radical (unpaired) electrons. The standard InChI is InChI=1S/C18H21N3O3/c1-24-18(23)17-14-8-12(6-7-15(14)20-21-17)19-16(22)9-13(10-2-3-10)11-4-5-11/h6-8,10-11,13H,2-5,9H2,1H3,(H,19,22)(H,20,21). The normalized spacial score (nSPS) is 17.2. The Kier molecular flexibility index (Phi) is 3.75. The van der Waals surface area contributed by atoms with E-state index in [-0.39, 0.29) is 11.6 Å². The number of amides is 1.